The molecule has 0 amide bonds. The smallest absolute Gasteiger partial charge is 0.295 e. The molecule has 2 unspecified atom stereocenters. The summed E-state index contributed by atoms with van der Waals surface area (Å²) in [7, 11) is 1.69. The van der Waals surface area contributed by atoms with E-state index in [1.165, 1.54) is 6.42 Å². The standard InChI is InChI=1S/C12H18N6O2/c1-7-4-3-5-12(6-7,19-2)10-15-9(20-18-10)8-14-11(13)17-16-8/h7H,3-6H2,1-2H3,(H3,13,14,16,17). The van der Waals surface area contributed by atoms with Crippen LogP contribution in [-0.2, 0) is 10.3 Å². The normalized spacial score (nSPS) is 26.8. The van der Waals surface area contributed by atoms with Gasteiger partial charge in [0.05, 0.1) is 0 Å². The second-order valence-corrected chi connectivity index (χ2v) is 5.37. The zero-order chi connectivity index (χ0) is 14.2. The van der Waals surface area contributed by atoms with Gasteiger partial charge in [-0.05, 0) is 25.2 Å². The van der Waals surface area contributed by atoms with E-state index in [1.54, 1.807) is 7.11 Å². The van der Waals surface area contributed by atoms with Crippen molar-refractivity contribution in [2.45, 2.75) is 38.2 Å². The first kappa shape index (κ1) is 13.0. The maximum atomic E-state index is 5.73. The van der Waals surface area contributed by atoms with Crippen LogP contribution in [0, 0.1) is 5.92 Å². The van der Waals surface area contributed by atoms with Crippen molar-refractivity contribution in [1.29, 1.82) is 0 Å². The van der Waals surface area contributed by atoms with Crippen molar-refractivity contribution in [3.05, 3.63) is 5.82 Å². The number of aromatic nitrogens is 5. The Labute approximate surface area is 116 Å². The number of nitrogens with two attached hydrogens (primary N) is 1. The summed E-state index contributed by atoms with van der Waals surface area (Å²) in [6.45, 7) is 2.21. The van der Waals surface area contributed by atoms with Gasteiger partial charge in [0.1, 0.15) is 5.60 Å². The van der Waals surface area contributed by atoms with Crippen molar-refractivity contribution in [2.75, 3.05) is 12.8 Å². The quantitative estimate of drug-likeness (QED) is 0.873. The van der Waals surface area contributed by atoms with Gasteiger partial charge < -0.3 is 15.0 Å². The van der Waals surface area contributed by atoms with Crippen LogP contribution in [0.5, 0.6) is 0 Å². The first-order valence-electron chi connectivity index (χ1n) is 6.70. The molecule has 0 bridgehead atoms. The van der Waals surface area contributed by atoms with Crippen LogP contribution in [0.15, 0.2) is 4.52 Å². The van der Waals surface area contributed by atoms with Gasteiger partial charge in [0.2, 0.25) is 17.6 Å². The van der Waals surface area contributed by atoms with Gasteiger partial charge in [0.25, 0.3) is 5.89 Å². The number of hydrogen-bond acceptors (Lipinski definition) is 7. The van der Waals surface area contributed by atoms with E-state index in [2.05, 4.69) is 32.2 Å². The molecule has 2 atom stereocenters. The number of ether oxygens (including phenoxy) is 1. The number of hydrogen-bond donors (Lipinski definition) is 2. The van der Waals surface area contributed by atoms with Crippen LogP contribution >= 0.6 is 0 Å². The summed E-state index contributed by atoms with van der Waals surface area (Å²) in [6.07, 6.45) is 4.08. The highest BCUT2D eigenvalue weighted by atomic mass is 16.5. The van der Waals surface area contributed by atoms with Crippen LogP contribution in [0.1, 0.15) is 38.4 Å². The van der Waals surface area contributed by atoms with Crippen molar-refractivity contribution in [2.24, 2.45) is 5.92 Å². The minimum absolute atomic E-state index is 0.146. The average Bonchev–Trinajstić information content (AvgIpc) is 3.07. The average molecular weight is 278 g/mol. The van der Waals surface area contributed by atoms with Crippen LogP contribution in [0.4, 0.5) is 5.95 Å². The highest BCUT2D eigenvalue weighted by Crippen LogP contribution is 2.41. The third-order valence-electron chi connectivity index (χ3n) is 3.89. The predicted molar refractivity (Wildman–Crippen MR) is 70.4 cm³/mol. The highest BCUT2D eigenvalue weighted by Gasteiger charge is 2.41. The second kappa shape index (κ2) is 4.86. The molecule has 0 aromatic carbocycles. The first-order chi connectivity index (χ1) is 9.63. The topological polar surface area (TPSA) is 116 Å². The lowest BCUT2D eigenvalue weighted by atomic mass is 9.78. The summed E-state index contributed by atoms with van der Waals surface area (Å²) in [6, 6.07) is 0. The van der Waals surface area contributed by atoms with Gasteiger partial charge in [-0.3, -0.25) is 5.10 Å². The third kappa shape index (κ3) is 2.15. The van der Waals surface area contributed by atoms with Gasteiger partial charge in [-0.15, -0.1) is 5.10 Å². The Balaban J connectivity index is 1.91. The van der Waals surface area contributed by atoms with Crippen molar-refractivity contribution in [3.63, 3.8) is 0 Å². The Bertz CT molecular complexity index is 594. The molecule has 20 heavy (non-hydrogen) atoms. The van der Waals surface area contributed by atoms with E-state index >= 15 is 0 Å². The van der Waals surface area contributed by atoms with E-state index < -0.39 is 5.60 Å². The van der Waals surface area contributed by atoms with Crippen LogP contribution in [0.3, 0.4) is 0 Å². The summed E-state index contributed by atoms with van der Waals surface area (Å²) in [5.41, 5.74) is 5.00. The van der Waals surface area contributed by atoms with Gasteiger partial charge in [-0.25, -0.2) is 0 Å². The molecule has 0 aliphatic heterocycles. The largest absolute Gasteiger partial charge is 0.370 e. The molecule has 0 radical (unpaired) electrons. The minimum atomic E-state index is -0.467. The van der Waals surface area contributed by atoms with E-state index in [0.29, 0.717) is 17.6 Å². The van der Waals surface area contributed by atoms with Gasteiger partial charge in [0.15, 0.2) is 0 Å². The summed E-state index contributed by atoms with van der Waals surface area (Å²) >= 11 is 0. The molecule has 2 aromatic heterocycles. The Morgan fingerprint density at radius 2 is 2.30 bits per heavy atom. The van der Waals surface area contributed by atoms with Gasteiger partial charge >= 0.3 is 0 Å². The SMILES string of the molecule is COC1(c2noc(-c3nc(N)n[nH]3)n2)CCCC(C)C1. The lowest BCUT2D eigenvalue weighted by Gasteiger charge is -2.36. The molecule has 2 aromatic rings. The maximum Gasteiger partial charge on any atom is 0.295 e. The molecule has 1 aliphatic rings. The molecule has 8 heteroatoms. The molecule has 8 nitrogen and oxygen atoms in total. The summed E-state index contributed by atoms with van der Waals surface area (Å²) in [4.78, 5) is 8.38. The zero-order valence-electron chi connectivity index (χ0n) is 11.6. The van der Waals surface area contributed by atoms with Crippen molar-refractivity contribution >= 4 is 5.95 Å². The molecular weight excluding hydrogens is 260 g/mol. The van der Waals surface area contributed by atoms with Crippen LogP contribution in [0.2, 0.25) is 0 Å². The summed E-state index contributed by atoms with van der Waals surface area (Å²) < 4.78 is 11.0. The number of rotatable bonds is 3. The number of nitrogens with one attached hydrogen (secondary N) is 1. The molecule has 2 heterocycles. The molecular formula is C12H18N6O2. The van der Waals surface area contributed by atoms with E-state index in [1.807, 2.05) is 0 Å². The lowest BCUT2D eigenvalue weighted by Crippen LogP contribution is -2.35. The van der Waals surface area contributed by atoms with Crippen molar-refractivity contribution < 1.29 is 9.26 Å². The number of methoxy groups -OCH3 is 1. The fraction of sp³-hybridized carbons (Fsp3) is 0.667. The van der Waals surface area contributed by atoms with Crippen LogP contribution < -0.4 is 5.73 Å². The van der Waals surface area contributed by atoms with Crippen LogP contribution in [0.25, 0.3) is 11.7 Å². The van der Waals surface area contributed by atoms with E-state index in [-0.39, 0.29) is 11.8 Å². The molecule has 1 aliphatic carbocycles. The molecule has 1 saturated carbocycles. The van der Waals surface area contributed by atoms with Crippen LogP contribution in [-0.4, -0.2) is 32.4 Å². The number of nitrogens with zero attached hydrogens (tertiary/aromatic N) is 4. The highest BCUT2D eigenvalue weighted by molar-refractivity contribution is 5.41. The Morgan fingerprint density at radius 3 is 2.95 bits per heavy atom. The fourth-order valence-electron chi connectivity index (χ4n) is 2.86. The Hall–Kier alpha value is -1.96. The first-order valence-corrected chi connectivity index (χ1v) is 6.70. The molecule has 1 fully saturated rings. The molecule has 108 valence electrons. The van der Waals surface area contributed by atoms with Crippen molar-refractivity contribution in [3.8, 4) is 11.7 Å². The van der Waals surface area contributed by atoms with Gasteiger partial charge in [-0.1, -0.05) is 18.5 Å². The number of anilines is 1. The zero-order valence-corrected chi connectivity index (χ0v) is 11.6. The van der Waals surface area contributed by atoms with E-state index in [0.717, 1.165) is 19.3 Å². The van der Waals surface area contributed by atoms with Gasteiger partial charge in [-0.2, -0.15) is 9.97 Å². The van der Waals surface area contributed by atoms with E-state index in [9.17, 15) is 0 Å². The van der Waals surface area contributed by atoms with Crippen molar-refractivity contribution in [1.82, 2.24) is 25.3 Å². The minimum Gasteiger partial charge on any atom is -0.370 e. The molecule has 3 N–H and O–H groups in total. The monoisotopic (exact) mass is 278 g/mol. The molecule has 0 spiro atoms. The number of H-pyrrole nitrogens is 1. The third-order valence-corrected chi connectivity index (χ3v) is 3.89. The Kier molecular flexibility index (Phi) is 3.17. The maximum absolute atomic E-state index is 5.73. The number of aromatic amines is 1. The predicted octanol–water partition coefficient (Wildman–Crippen LogP) is 1.49. The molecule has 3 rings (SSSR count). The summed E-state index contributed by atoms with van der Waals surface area (Å²) in [5, 5.41) is 10.5. The summed E-state index contributed by atoms with van der Waals surface area (Å²) in [5.74, 6) is 1.94. The Morgan fingerprint density at radius 1 is 1.45 bits per heavy atom. The number of nitrogen functional groups attached to an aromatic ring is 1. The lowest BCUT2D eigenvalue weighted by molar-refractivity contribution is -0.0658. The second-order valence-electron chi connectivity index (χ2n) is 5.37. The van der Waals surface area contributed by atoms with E-state index in [4.69, 9.17) is 15.0 Å². The fourth-order valence-corrected chi connectivity index (χ4v) is 2.86. The van der Waals surface area contributed by atoms with Gasteiger partial charge in [0, 0.05) is 7.11 Å². The molecule has 0 saturated heterocycles.